The van der Waals surface area contributed by atoms with Crippen LogP contribution in [0.1, 0.15) is 93.2 Å². The Balaban J connectivity index is 1.06. The quantitative estimate of drug-likeness (QED) is 0.355. The third-order valence-electron chi connectivity index (χ3n) is 9.82. The van der Waals surface area contributed by atoms with E-state index in [4.69, 9.17) is 14.2 Å². The summed E-state index contributed by atoms with van der Waals surface area (Å²) in [6, 6.07) is 18.2. The van der Waals surface area contributed by atoms with E-state index in [1.807, 2.05) is 6.07 Å². The highest BCUT2D eigenvalue weighted by Crippen LogP contribution is 2.61. The first-order valence-corrected chi connectivity index (χ1v) is 13.5. The monoisotopic (exact) mass is 484 g/mol. The van der Waals surface area contributed by atoms with E-state index in [1.165, 1.54) is 62.1 Å². The van der Waals surface area contributed by atoms with Crippen LogP contribution in [0.5, 0.6) is 11.5 Å². The lowest BCUT2D eigenvalue weighted by Gasteiger charge is -2.23. The molecule has 6 unspecified atom stereocenters. The molecule has 3 aromatic rings. The first-order valence-electron chi connectivity index (χ1n) is 13.5. The Kier molecular flexibility index (Phi) is 3.90. The molecule has 182 valence electrons. The van der Waals surface area contributed by atoms with Crippen LogP contribution >= 0.6 is 0 Å². The topological polar surface area (TPSA) is 27.7 Å². The van der Waals surface area contributed by atoms with Crippen LogP contribution in [0, 0.1) is 0 Å². The average molecular weight is 485 g/mol. The molecule has 9 rings (SSSR count). The molecule has 6 atom stereocenters. The highest BCUT2D eigenvalue weighted by molar-refractivity contribution is 5.83. The summed E-state index contributed by atoms with van der Waals surface area (Å²) in [6.45, 7) is 0. The SMILES string of the molecule is COc1ccc(OC)c2c1C1C=C(c3ccc4c(c3)C3C=C(c5ccc6c(c5)C5C=CC6C5)C4O3)C2C1. The van der Waals surface area contributed by atoms with Crippen molar-refractivity contribution in [2.75, 3.05) is 14.2 Å². The third kappa shape index (κ3) is 2.56. The summed E-state index contributed by atoms with van der Waals surface area (Å²) >= 11 is 0. The van der Waals surface area contributed by atoms with Gasteiger partial charge in [-0.15, -0.1) is 0 Å². The lowest BCUT2D eigenvalue weighted by Crippen LogP contribution is -2.05. The zero-order valence-electron chi connectivity index (χ0n) is 21.0. The standard InChI is InChI=1S/C34H28O3/c1-35-29-9-10-30(36-2)33-28-15-21(32(29)33)14-25(28)19-6-8-23-27(13-19)31-16-26(34(23)37-31)20-5-7-22-17-3-4-18(11-17)24(22)12-20/h3-10,12-14,16-18,21,28,31,34H,11,15H2,1-2H3. The zero-order valence-corrected chi connectivity index (χ0v) is 21.0. The van der Waals surface area contributed by atoms with Crippen molar-refractivity contribution in [1.29, 1.82) is 0 Å². The summed E-state index contributed by atoms with van der Waals surface area (Å²) in [5.41, 5.74) is 13.7. The molecule has 37 heavy (non-hydrogen) atoms. The Morgan fingerprint density at radius 3 is 2.16 bits per heavy atom. The molecule has 0 spiro atoms. The van der Waals surface area contributed by atoms with Crippen LogP contribution in [0.25, 0.3) is 11.1 Å². The minimum absolute atomic E-state index is 0.0420. The van der Waals surface area contributed by atoms with E-state index in [-0.39, 0.29) is 12.2 Å². The maximum Gasteiger partial charge on any atom is 0.123 e. The van der Waals surface area contributed by atoms with Gasteiger partial charge in [0.1, 0.15) is 23.7 Å². The Morgan fingerprint density at radius 1 is 0.649 bits per heavy atom. The van der Waals surface area contributed by atoms with Crippen LogP contribution in [0.4, 0.5) is 0 Å². The predicted molar refractivity (Wildman–Crippen MR) is 144 cm³/mol. The zero-order chi connectivity index (χ0) is 24.4. The maximum absolute atomic E-state index is 6.53. The highest BCUT2D eigenvalue weighted by Gasteiger charge is 2.44. The number of hydrogen-bond acceptors (Lipinski definition) is 3. The number of rotatable bonds is 4. The van der Waals surface area contributed by atoms with E-state index >= 15 is 0 Å². The molecule has 3 nitrogen and oxygen atoms in total. The van der Waals surface area contributed by atoms with Crippen molar-refractivity contribution in [2.45, 2.75) is 48.7 Å². The molecule has 0 saturated heterocycles. The second-order valence-corrected chi connectivity index (χ2v) is 11.4. The van der Waals surface area contributed by atoms with E-state index in [1.54, 1.807) is 14.2 Å². The van der Waals surface area contributed by atoms with Gasteiger partial charge in [-0.3, -0.25) is 0 Å². The molecule has 0 N–H and O–H groups in total. The fourth-order valence-corrected chi connectivity index (χ4v) is 8.22. The molecule has 0 amide bonds. The van der Waals surface area contributed by atoms with E-state index in [0.29, 0.717) is 23.7 Å². The molecule has 2 aliphatic heterocycles. The predicted octanol–water partition coefficient (Wildman–Crippen LogP) is 7.72. The van der Waals surface area contributed by atoms with Gasteiger partial charge in [0.15, 0.2) is 0 Å². The molecular formula is C34H28O3. The maximum atomic E-state index is 6.53. The summed E-state index contributed by atoms with van der Waals surface area (Å²) < 4.78 is 18.0. The fraction of sp³-hybridized carbons (Fsp3) is 0.294. The van der Waals surface area contributed by atoms with Crippen molar-refractivity contribution in [1.82, 2.24) is 0 Å². The van der Waals surface area contributed by atoms with Crippen LogP contribution in [-0.4, -0.2) is 14.2 Å². The Labute approximate surface area is 217 Å². The molecule has 6 bridgehead atoms. The van der Waals surface area contributed by atoms with Crippen LogP contribution in [0.2, 0.25) is 0 Å². The number of methoxy groups -OCH3 is 2. The second kappa shape index (κ2) is 7.05. The Bertz CT molecular complexity index is 1620. The van der Waals surface area contributed by atoms with Crippen molar-refractivity contribution in [2.24, 2.45) is 0 Å². The van der Waals surface area contributed by atoms with E-state index in [9.17, 15) is 0 Å². The number of benzene rings is 3. The summed E-state index contributed by atoms with van der Waals surface area (Å²) in [5.74, 6) is 3.93. The van der Waals surface area contributed by atoms with Crippen molar-refractivity contribution in [3.8, 4) is 11.5 Å². The molecular weight excluding hydrogens is 456 g/mol. The smallest absolute Gasteiger partial charge is 0.123 e. The first kappa shape index (κ1) is 20.5. The minimum Gasteiger partial charge on any atom is -0.496 e. The van der Waals surface area contributed by atoms with Crippen LogP contribution in [0.3, 0.4) is 0 Å². The van der Waals surface area contributed by atoms with E-state index in [0.717, 1.165) is 17.9 Å². The Hall–Kier alpha value is -3.56. The normalized spacial score (nSPS) is 30.3. The number of allylic oxidation sites excluding steroid dienone is 4. The third-order valence-corrected chi connectivity index (χ3v) is 9.82. The number of hydrogen-bond donors (Lipinski definition) is 0. The number of ether oxygens (including phenoxy) is 3. The van der Waals surface area contributed by atoms with Crippen molar-refractivity contribution in [3.63, 3.8) is 0 Å². The van der Waals surface area contributed by atoms with Gasteiger partial charge < -0.3 is 14.2 Å². The van der Waals surface area contributed by atoms with Crippen molar-refractivity contribution in [3.05, 3.63) is 117 Å². The van der Waals surface area contributed by atoms with Gasteiger partial charge in [-0.2, -0.15) is 0 Å². The van der Waals surface area contributed by atoms with Crippen molar-refractivity contribution < 1.29 is 14.2 Å². The minimum atomic E-state index is 0.0420. The average Bonchev–Trinajstić information content (AvgIpc) is 3.79. The van der Waals surface area contributed by atoms with Gasteiger partial charge in [-0.25, -0.2) is 0 Å². The summed E-state index contributed by atoms with van der Waals surface area (Å²) in [5, 5.41) is 0. The van der Waals surface area contributed by atoms with Crippen LogP contribution < -0.4 is 9.47 Å². The molecule has 0 radical (unpaired) electrons. The van der Waals surface area contributed by atoms with Gasteiger partial charge in [-0.05, 0) is 81.6 Å². The lowest BCUT2D eigenvalue weighted by molar-refractivity contribution is 0.0915. The van der Waals surface area contributed by atoms with Gasteiger partial charge >= 0.3 is 0 Å². The highest BCUT2D eigenvalue weighted by atomic mass is 16.5. The molecule has 3 aromatic carbocycles. The molecule has 4 aliphatic carbocycles. The van der Waals surface area contributed by atoms with Gasteiger partial charge in [0.2, 0.25) is 0 Å². The van der Waals surface area contributed by atoms with Crippen LogP contribution in [0.15, 0.2) is 72.8 Å². The summed E-state index contributed by atoms with van der Waals surface area (Å²) in [7, 11) is 3.53. The largest absolute Gasteiger partial charge is 0.496 e. The Morgan fingerprint density at radius 2 is 1.35 bits per heavy atom. The summed E-state index contributed by atoms with van der Waals surface area (Å²) in [6.07, 6.45) is 12.0. The van der Waals surface area contributed by atoms with E-state index in [2.05, 4.69) is 66.8 Å². The molecule has 6 aliphatic rings. The van der Waals surface area contributed by atoms with Gasteiger partial charge in [-0.1, -0.05) is 48.6 Å². The van der Waals surface area contributed by atoms with Gasteiger partial charge in [0, 0.05) is 34.8 Å². The lowest BCUT2D eigenvalue weighted by atomic mass is 9.82. The van der Waals surface area contributed by atoms with Gasteiger partial charge in [0.05, 0.1) is 14.2 Å². The molecule has 0 fully saturated rings. The first-order chi connectivity index (χ1) is 18.2. The van der Waals surface area contributed by atoms with Crippen molar-refractivity contribution >= 4 is 11.1 Å². The molecule has 0 aromatic heterocycles. The van der Waals surface area contributed by atoms with E-state index < -0.39 is 0 Å². The number of fused-ring (bicyclic) bond motifs is 15. The molecule has 3 heteroatoms. The fourth-order valence-electron chi connectivity index (χ4n) is 8.22. The second-order valence-electron chi connectivity index (χ2n) is 11.4. The molecule has 0 saturated carbocycles. The van der Waals surface area contributed by atoms with Crippen LogP contribution in [-0.2, 0) is 4.74 Å². The van der Waals surface area contributed by atoms with Gasteiger partial charge in [0.25, 0.3) is 0 Å². The summed E-state index contributed by atoms with van der Waals surface area (Å²) in [4.78, 5) is 0. The molecule has 2 heterocycles.